The van der Waals surface area contributed by atoms with Crippen molar-refractivity contribution in [1.82, 2.24) is 10.2 Å². The number of nitrogens with one attached hydrogen (secondary N) is 1. The number of likely N-dealkylation sites (tertiary alicyclic amines) is 1. The Morgan fingerprint density at radius 2 is 1.92 bits per heavy atom. The fraction of sp³-hybridized carbons (Fsp3) is 0.710. The molecule has 0 aromatic rings. The minimum absolute atomic E-state index is 0. The zero-order chi connectivity index (χ0) is 24.1. The van der Waals surface area contributed by atoms with Crippen LogP contribution in [0.15, 0.2) is 52.1 Å². The molecule has 6 nitrogen and oxygen atoms in total. The third-order valence-corrected chi connectivity index (χ3v) is 8.92. The van der Waals surface area contributed by atoms with Crippen LogP contribution in [0.2, 0.25) is 0 Å². The summed E-state index contributed by atoms with van der Waals surface area (Å²) in [6, 6.07) is 0.972. The zero-order valence-electron chi connectivity index (χ0n) is 23.3. The maximum absolute atomic E-state index is 6.17. The molecule has 0 radical (unpaired) electrons. The molecule has 4 rings (SSSR count). The Hall–Kier alpha value is -1.28. The van der Waals surface area contributed by atoms with Crippen LogP contribution in [0.25, 0.3) is 0 Å². The van der Waals surface area contributed by atoms with Gasteiger partial charge in [0.1, 0.15) is 0 Å². The molecule has 4 unspecified atom stereocenters. The van der Waals surface area contributed by atoms with E-state index in [0.29, 0.717) is 35.3 Å². The quantitative estimate of drug-likeness (QED) is 0.428. The molecule has 2 aliphatic carbocycles. The second kappa shape index (κ2) is 16.7. The molecule has 0 bridgehead atoms. The van der Waals surface area contributed by atoms with Gasteiger partial charge in [-0.2, -0.15) is 0 Å². The Bertz CT molecular complexity index is 849. The summed E-state index contributed by atoms with van der Waals surface area (Å²) < 4.78 is 0. The summed E-state index contributed by atoms with van der Waals surface area (Å²) in [6.07, 6.45) is 23.3. The third-order valence-electron chi connectivity index (χ3n) is 8.64. The Morgan fingerprint density at radius 3 is 2.58 bits per heavy atom. The zero-order valence-corrected chi connectivity index (χ0v) is 24.1. The maximum atomic E-state index is 6.17. The number of nitrogens with zero attached hydrogens (tertiary/aromatic N) is 2. The molecule has 1 fully saturated rings. The Balaban J connectivity index is 0.00000342. The number of piperidine rings is 1. The van der Waals surface area contributed by atoms with Crippen molar-refractivity contribution >= 4 is 17.8 Å². The van der Waals surface area contributed by atoms with Gasteiger partial charge in [-0.1, -0.05) is 77.1 Å². The SMILES string of the molecule is C.CC(C)[C@H](CN1CCC(C2C=CC(Cl)=CC2)C(C)(C)C1)NC/C=C/C1CC=NC2CCCC=C12.O.O.O. The number of fused-ring (bicyclic) bond motifs is 1. The summed E-state index contributed by atoms with van der Waals surface area (Å²) in [5.74, 6) is 2.54. The fourth-order valence-corrected chi connectivity index (χ4v) is 6.82. The van der Waals surface area contributed by atoms with Gasteiger partial charge in [-0.15, -0.1) is 0 Å². The van der Waals surface area contributed by atoms with E-state index in [0.717, 1.165) is 36.9 Å². The average Bonchev–Trinajstić information content (AvgIpc) is 2.81. The number of rotatable bonds is 8. The topological polar surface area (TPSA) is 122 Å². The largest absolute Gasteiger partial charge is 0.412 e. The van der Waals surface area contributed by atoms with Gasteiger partial charge in [0.15, 0.2) is 0 Å². The highest BCUT2D eigenvalue weighted by molar-refractivity contribution is 6.31. The maximum Gasteiger partial charge on any atom is 0.0711 e. The second-order valence-electron chi connectivity index (χ2n) is 12.0. The van der Waals surface area contributed by atoms with E-state index in [1.165, 1.54) is 38.8 Å². The van der Waals surface area contributed by atoms with Crippen LogP contribution in [0.1, 0.15) is 73.6 Å². The highest BCUT2D eigenvalue weighted by Crippen LogP contribution is 2.43. The van der Waals surface area contributed by atoms with Gasteiger partial charge < -0.3 is 26.6 Å². The lowest BCUT2D eigenvalue weighted by Gasteiger charge is -2.48. The van der Waals surface area contributed by atoms with Crippen LogP contribution >= 0.6 is 11.6 Å². The fourth-order valence-electron chi connectivity index (χ4n) is 6.65. The molecule has 4 aliphatic rings. The summed E-state index contributed by atoms with van der Waals surface area (Å²) in [4.78, 5) is 7.45. The van der Waals surface area contributed by atoms with Crippen molar-refractivity contribution in [2.24, 2.45) is 34.1 Å². The highest BCUT2D eigenvalue weighted by Gasteiger charge is 2.40. The van der Waals surface area contributed by atoms with Gasteiger partial charge in [0.05, 0.1) is 6.04 Å². The highest BCUT2D eigenvalue weighted by atomic mass is 35.5. The molecule has 7 heteroatoms. The van der Waals surface area contributed by atoms with E-state index in [9.17, 15) is 0 Å². The molecule has 0 aromatic heterocycles. The first-order valence-corrected chi connectivity index (χ1v) is 14.1. The van der Waals surface area contributed by atoms with E-state index < -0.39 is 0 Å². The molecule has 38 heavy (non-hydrogen) atoms. The van der Waals surface area contributed by atoms with Crippen LogP contribution in [-0.2, 0) is 0 Å². The van der Waals surface area contributed by atoms with Gasteiger partial charge in [-0.05, 0) is 79.9 Å². The van der Waals surface area contributed by atoms with Gasteiger partial charge in [0.2, 0.25) is 0 Å². The lowest BCUT2D eigenvalue weighted by molar-refractivity contribution is 0.0255. The second-order valence-corrected chi connectivity index (χ2v) is 12.4. The molecule has 2 aliphatic heterocycles. The van der Waals surface area contributed by atoms with E-state index in [2.05, 4.69) is 80.6 Å². The Labute approximate surface area is 237 Å². The van der Waals surface area contributed by atoms with Crippen molar-refractivity contribution in [3.63, 3.8) is 0 Å². The van der Waals surface area contributed by atoms with Crippen molar-refractivity contribution in [3.8, 4) is 0 Å². The smallest absolute Gasteiger partial charge is 0.0711 e. The first-order chi connectivity index (χ1) is 16.3. The molecular weight excluding hydrogens is 498 g/mol. The van der Waals surface area contributed by atoms with Crippen LogP contribution < -0.4 is 5.32 Å². The van der Waals surface area contributed by atoms with Gasteiger partial charge in [-0.3, -0.25) is 4.99 Å². The summed E-state index contributed by atoms with van der Waals surface area (Å²) in [6.45, 7) is 14.1. The summed E-state index contributed by atoms with van der Waals surface area (Å²) in [7, 11) is 0. The third kappa shape index (κ3) is 9.42. The van der Waals surface area contributed by atoms with Crippen molar-refractivity contribution in [2.75, 3.05) is 26.2 Å². The van der Waals surface area contributed by atoms with Crippen LogP contribution in [0.5, 0.6) is 0 Å². The lowest BCUT2D eigenvalue weighted by atomic mass is 9.66. The summed E-state index contributed by atoms with van der Waals surface area (Å²) in [5.41, 5.74) is 1.89. The van der Waals surface area contributed by atoms with Crippen LogP contribution in [0, 0.1) is 29.1 Å². The molecule has 0 spiro atoms. The normalized spacial score (nSPS) is 29.1. The van der Waals surface area contributed by atoms with E-state index in [1.807, 2.05) is 0 Å². The Kier molecular flexibility index (Phi) is 16.2. The predicted molar refractivity (Wildman–Crippen MR) is 165 cm³/mol. The van der Waals surface area contributed by atoms with E-state index in [4.69, 9.17) is 16.6 Å². The van der Waals surface area contributed by atoms with Crippen molar-refractivity contribution < 1.29 is 16.4 Å². The van der Waals surface area contributed by atoms with E-state index >= 15 is 0 Å². The van der Waals surface area contributed by atoms with Crippen LogP contribution in [0.3, 0.4) is 0 Å². The minimum Gasteiger partial charge on any atom is -0.412 e. The molecule has 1 saturated heterocycles. The number of hydrogen-bond donors (Lipinski definition) is 1. The van der Waals surface area contributed by atoms with Gasteiger partial charge in [-0.25, -0.2) is 0 Å². The number of allylic oxidation sites excluding steroid dienone is 6. The molecule has 5 atom stereocenters. The first kappa shape index (κ1) is 36.7. The van der Waals surface area contributed by atoms with Crippen molar-refractivity contribution in [2.45, 2.75) is 85.7 Å². The molecule has 220 valence electrons. The molecule has 0 aromatic carbocycles. The molecule has 2 heterocycles. The number of halogens is 1. The van der Waals surface area contributed by atoms with Gasteiger partial charge in [0, 0.05) is 42.8 Å². The Morgan fingerprint density at radius 1 is 1.16 bits per heavy atom. The predicted octanol–water partition coefficient (Wildman–Crippen LogP) is 4.94. The standard InChI is InChI=1S/C30H46ClN3.CH4.3H2O/c1-22(2)29(32-17-7-8-23-15-18-33-28-10-6-5-9-26(23)28)20-34-19-16-27(30(3,4)21-34)24-11-13-25(31)14-12-24;;;;/h7-9,11,13-14,18,22-24,27-29,32H,5-6,10,12,15-17,19-21H2,1-4H3;1H4;3*1H2/b8-7+;;;;/t23?,24?,27?,28?,29-;;;;/m0..../s1. The average molecular weight is 554 g/mol. The lowest BCUT2D eigenvalue weighted by Crippen LogP contribution is -2.52. The monoisotopic (exact) mass is 553 g/mol. The molecule has 0 saturated carbocycles. The minimum atomic E-state index is 0. The summed E-state index contributed by atoms with van der Waals surface area (Å²) in [5, 5.41) is 4.77. The van der Waals surface area contributed by atoms with Crippen LogP contribution in [-0.4, -0.2) is 65.8 Å². The van der Waals surface area contributed by atoms with Crippen molar-refractivity contribution in [3.05, 3.63) is 47.1 Å². The van der Waals surface area contributed by atoms with Gasteiger partial charge >= 0.3 is 0 Å². The van der Waals surface area contributed by atoms with E-state index in [1.54, 1.807) is 5.57 Å². The van der Waals surface area contributed by atoms with Crippen LogP contribution in [0.4, 0.5) is 0 Å². The molecular formula is C31H56ClN3O3. The van der Waals surface area contributed by atoms with Crippen molar-refractivity contribution in [1.29, 1.82) is 0 Å². The number of aliphatic imine (C=N–C) groups is 1. The van der Waals surface area contributed by atoms with E-state index in [-0.39, 0.29) is 23.9 Å². The number of hydrogen-bond acceptors (Lipinski definition) is 3. The summed E-state index contributed by atoms with van der Waals surface area (Å²) >= 11 is 6.17. The first-order valence-electron chi connectivity index (χ1n) is 13.7. The molecule has 0 amide bonds. The van der Waals surface area contributed by atoms with Gasteiger partial charge in [0.25, 0.3) is 0 Å². The molecule has 7 N–H and O–H groups in total.